The van der Waals surface area contributed by atoms with E-state index < -0.39 is 0 Å². The molecular weight excluding hydrogens is 264 g/mol. The quantitative estimate of drug-likeness (QED) is 0.757. The molecular formula is C12H10N4O2S. The van der Waals surface area contributed by atoms with Crippen molar-refractivity contribution in [1.29, 1.82) is 0 Å². The summed E-state index contributed by atoms with van der Waals surface area (Å²) < 4.78 is 5.76. The second-order valence-corrected chi connectivity index (χ2v) is 4.92. The van der Waals surface area contributed by atoms with Gasteiger partial charge >= 0.3 is 0 Å². The third-order valence-electron chi connectivity index (χ3n) is 2.74. The monoisotopic (exact) mass is 274 g/mol. The van der Waals surface area contributed by atoms with Crippen molar-refractivity contribution >= 4 is 11.5 Å². The molecule has 0 radical (unpaired) electrons. The summed E-state index contributed by atoms with van der Waals surface area (Å²) >= 11 is 1.22. The first-order valence-corrected chi connectivity index (χ1v) is 6.36. The lowest BCUT2D eigenvalue weighted by atomic mass is 10.2. The summed E-state index contributed by atoms with van der Waals surface area (Å²) in [6.07, 6.45) is 5.27. The van der Waals surface area contributed by atoms with E-state index in [1.54, 1.807) is 30.2 Å². The van der Waals surface area contributed by atoms with E-state index in [2.05, 4.69) is 9.47 Å². The SMILES string of the molecule is Cn1cc(-c2cnn(-c3cc(=O)[nH]s3)c2)ccc1=O. The van der Waals surface area contributed by atoms with Crippen LogP contribution in [0, 0.1) is 0 Å². The first-order chi connectivity index (χ1) is 9.13. The van der Waals surface area contributed by atoms with Gasteiger partial charge in [0.1, 0.15) is 5.00 Å². The zero-order valence-electron chi connectivity index (χ0n) is 10.0. The second-order valence-electron chi connectivity index (χ2n) is 4.09. The molecule has 0 aliphatic rings. The van der Waals surface area contributed by atoms with Crippen LogP contribution in [0.2, 0.25) is 0 Å². The number of hydrogen-bond acceptors (Lipinski definition) is 4. The fourth-order valence-electron chi connectivity index (χ4n) is 1.74. The average molecular weight is 274 g/mol. The Morgan fingerprint density at radius 1 is 1.21 bits per heavy atom. The van der Waals surface area contributed by atoms with Crippen LogP contribution >= 0.6 is 11.5 Å². The van der Waals surface area contributed by atoms with E-state index in [1.165, 1.54) is 28.2 Å². The molecule has 0 unspecified atom stereocenters. The second kappa shape index (κ2) is 4.36. The Kier molecular flexibility index (Phi) is 2.68. The molecule has 3 aromatic heterocycles. The van der Waals surface area contributed by atoms with Crippen LogP contribution in [0.25, 0.3) is 16.1 Å². The van der Waals surface area contributed by atoms with E-state index >= 15 is 0 Å². The average Bonchev–Trinajstić information content (AvgIpc) is 3.01. The van der Waals surface area contributed by atoms with Gasteiger partial charge in [0.25, 0.3) is 5.56 Å². The molecule has 0 bridgehead atoms. The highest BCUT2D eigenvalue weighted by atomic mass is 32.1. The molecule has 0 aromatic carbocycles. The van der Waals surface area contributed by atoms with Crippen molar-refractivity contribution in [3.05, 3.63) is 57.5 Å². The van der Waals surface area contributed by atoms with Crippen molar-refractivity contribution < 1.29 is 0 Å². The molecule has 0 saturated carbocycles. The summed E-state index contributed by atoms with van der Waals surface area (Å²) in [5.74, 6) is 0. The maximum Gasteiger partial charge on any atom is 0.260 e. The zero-order valence-corrected chi connectivity index (χ0v) is 10.8. The van der Waals surface area contributed by atoms with Gasteiger partial charge in [0, 0.05) is 42.7 Å². The van der Waals surface area contributed by atoms with Gasteiger partial charge < -0.3 is 4.57 Å². The van der Waals surface area contributed by atoms with Crippen LogP contribution in [0.15, 0.2) is 46.4 Å². The molecule has 0 saturated heterocycles. The number of hydrogen-bond donors (Lipinski definition) is 1. The van der Waals surface area contributed by atoms with Crippen LogP contribution in [-0.4, -0.2) is 18.7 Å². The van der Waals surface area contributed by atoms with E-state index in [1.807, 2.05) is 6.20 Å². The molecule has 3 aromatic rings. The van der Waals surface area contributed by atoms with Crippen LogP contribution in [0.5, 0.6) is 0 Å². The number of nitrogens with zero attached hydrogens (tertiary/aromatic N) is 3. The highest BCUT2D eigenvalue weighted by Gasteiger charge is 2.06. The lowest BCUT2D eigenvalue weighted by Gasteiger charge is -2.00. The molecule has 0 fully saturated rings. The highest BCUT2D eigenvalue weighted by Crippen LogP contribution is 2.19. The number of aromatic nitrogens is 4. The Hall–Kier alpha value is -2.41. The predicted octanol–water partition coefficient (Wildman–Crippen LogP) is 0.988. The van der Waals surface area contributed by atoms with Crippen molar-refractivity contribution in [2.24, 2.45) is 7.05 Å². The van der Waals surface area contributed by atoms with Gasteiger partial charge in [-0.2, -0.15) is 5.10 Å². The fourth-order valence-corrected chi connectivity index (χ4v) is 2.37. The number of pyridine rings is 1. The minimum absolute atomic E-state index is 0.0556. The molecule has 0 aliphatic heterocycles. The zero-order chi connectivity index (χ0) is 13.4. The number of H-pyrrole nitrogens is 1. The Bertz CT molecular complexity index is 840. The largest absolute Gasteiger partial charge is 0.318 e. The third kappa shape index (κ3) is 2.15. The summed E-state index contributed by atoms with van der Waals surface area (Å²) in [6, 6.07) is 4.76. The molecule has 0 spiro atoms. The Labute approximate surface area is 111 Å². The first-order valence-electron chi connectivity index (χ1n) is 5.54. The Morgan fingerprint density at radius 3 is 2.74 bits per heavy atom. The number of aryl methyl sites for hydroxylation is 1. The summed E-state index contributed by atoms with van der Waals surface area (Å²) in [7, 11) is 1.70. The normalized spacial score (nSPS) is 10.8. The third-order valence-corrected chi connectivity index (χ3v) is 3.56. The van der Waals surface area contributed by atoms with E-state index in [0.717, 1.165) is 16.1 Å². The number of nitrogens with one attached hydrogen (secondary N) is 1. The molecule has 0 amide bonds. The van der Waals surface area contributed by atoms with Gasteiger partial charge in [-0.05, 0) is 17.6 Å². The predicted molar refractivity (Wildman–Crippen MR) is 72.7 cm³/mol. The topological polar surface area (TPSA) is 72.7 Å². The maximum atomic E-state index is 11.3. The summed E-state index contributed by atoms with van der Waals surface area (Å²) in [6.45, 7) is 0. The molecule has 3 rings (SSSR count). The van der Waals surface area contributed by atoms with E-state index in [-0.39, 0.29) is 11.1 Å². The number of rotatable bonds is 2. The Balaban J connectivity index is 2.03. The van der Waals surface area contributed by atoms with Crippen LogP contribution in [0.4, 0.5) is 0 Å². The lowest BCUT2D eigenvalue weighted by Crippen LogP contribution is -2.13. The van der Waals surface area contributed by atoms with Crippen molar-refractivity contribution in [3.8, 4) is 16.1 Å². The summed E-state index contributed by atoms with van der Waals surface area (Å²) in [4.78, 5) is 22.4. The van der Waals surface area contributed by atoms with Gasteiger partial charge in [0.05, 0.1) is 6.20 Å². The maximum absolute atomic E-state index is 11.3. The first kappa shape index (κ1) is 11.7. The van der Waals surface area contributed by atoms with Gasteiger partial charge in [-0.15, -0.1) is 0 Å². The molecule has 0 atom stereocenters. The molecule has 1 N–H and O–H groups in total. The molecule has 3 heterocycles. The summed E-state index contributed by atoms with van der Waals surface area (Å²) in [5.41, 5.74) is 1.59. The van der Waals surface area contributed by atoms with Crippen molar-refractivity contribution in [1.82, 2.24) is 18.7 Å². The molecule has 7 heteroatoms. The van der Waals surface area contributed by atoms with Crippen LogP contribution in [0.1, 0.15) is 0 Å². The molecule has 0 aliphatic carbocycles. The van der Waals surface area contributed by atoms with Gasteiger partial charge in [0.15, 0.2) is 0 Å². The molecule has 96 valence electrons. The summed E-state index contributed by atoms with van der Waals surface area (Å²) in [5, 5.41) is 4.93. The van der Waals surface area contributed by atoms with E-state index in [4.69, 9.17) is 0 Å². The fraction of sp³-hybridized carbons (Fsp3) is 0.0833. The molecule has 6 nitrogen and oxygen atoms in total. The Morgan fingerprint density at radius 2 is 2.05 bits per heavy atom. The molecule has 19 heavy (non-hydrogen) atoms. The lowest BCUT2D eigenvalue weighted by molar-refractivity contribution is 0.862. The van der Waals surface area contributed by atoms with E-state index in [9.17, 15) is 9.59 Å². The van der Waals surface area contributed by atoms with Crippen molar-refractivity contribution in [2.45, 2.75) is 0 Å². The standard InChI is InChI=1S/C12H10N4O2S/c1-15-6-8(2-3-11(15)18)9-5-13-16(7-9)12-4-10(17)14-19-12/h2-7H,1H3,(H,14,17). The van der Waals surface area contributed by atoms with Gasteiger partial charge in [0.2, 0.25) is 5.56 Å². The minimum Gasteiger partial charge on any atom is -0.318 e. The van der Waals surface area contributed by atoms with E-state index in [0.29, 0.717) is 0 Å². The smallest absolute Gasteiger partial charge is 0.260 e. The van der Waals surface area contributed by atoms with Crippen LogP contribution < -0.4 is 11.1 Å². The van der Waals surface area contributed by atoms with Crippen molar-refractivity contribution in [2.75, 3.05) is 0 Å². The van der Waals surface area contributed by atoms with Crippen molar-refractivity contribution in [3.63, 3.8) is 0 Å². The minimum atomic E-state index is -0.140. The van der Waals surface area contributed by atoms with Gasteiger partial charge in [-0.3, -0.25) is 14.0 Å². The van der Waals surface area contributed by atoms with Crippen LogP contribution in [-0.2, 0) is 7.05 Å². The van der Waals surface area contributed by atoms with Gasteiger partial charge in [-0.25, -0.2) is 4.68 Å². The van der Waals surface area contributed by atoms with Crippen LogP contribution in [0.3, 0.4) is 0 Å². The number of aromatic amines is 1. The van der Waals surface area contributed by atoms with Gasteiger partial charge in [-0.1, -0.05) is 0 Å². The highest BCUT2D eigenvalue weighted by molar-refractivity contribution is 7.08.